The Kier molecular flexibility index (Phi) is 9.35. The molecule has 0 saturated carbocycles. The molecule has 4 aromatic rings. The normalized spacial score (nSPS) is 11.7. The second-order valence-electron chi connectivity index (χ2n) is 9.90. The summed E-state index contributed by atoms with van der Waals surface area (Å²) in [5.74, 6) is 0.750. The maximum atomic E-state index is 12.3. The zero-order valence-corrected chi connectivity index (χ0v) is 23.8. The fraction of sp³-hybridized carbons (Fsp3) is 0.290. The lowest BCUT2D eigenvalue weighted by Gasteiger charge is -2.24. The number of benzene rings is 3. The molecule has 0 radical (unpaired) electrons. The Morgan fingerprint density at radius 1 is 0.949 bits per heavy atom. The van der Waals surface area contributed by atoms with Crippen LogP contribution in [0.3, 0.4) is 0 Å². The summed E-state index contributed by atoms with van der Waals surface area (Å²) in [7, 11) is 3.35. The van der Waals surface area contributed by atoms with Gasteiger partial charge in [0, 0.05) is 25.4 Å². The van der Waals surface area contributed by atoms with E-state index >= 15 is 0 Å². The van der Waals surface area contributed by atoms with Crippen molar-refractivity contribution >= 4 is 45.5 Å². The second-order valence-corrected chi connectivity index (χ2v) is 10.9. The molecule has 0 N–H and O–H groups in total. The van der Waals surface area contributed by atoms with Gasteiger partial charge in [-0.05, 0) is 62.2 Å². The largest absolute Gasteiger partial charge is 0.468 e. The number of ether oxygens (including phenoxy) is 4. The molecule has 3 aromatic carbocycles. The number of aromatic nitrogens is 1. The Labute approximate surface area is 233 Å². The molecule has 0 aliphatic heterocycles. The van der Waals surface area contributed by atoms with Crippen molar-refractivity contribution in [2.75, 3.05) is 39.1 Å². The molecular formula is C31H34N2O5S. The molecular weight excluding hydrogens is 512 g/mol. The number of fused-ring (bicyclic) bond motifs is 1. The van der Waals surface area contributed by atoms with Gasteiger partial charge in [-0.3, -0.25) is 4.90 Å². The van der Waals surface area contributed by atoms with Gasteiger partial charge in [-0.25, -0.2) is 9.78 Å². The van der Waals surface area contributed by atoms with Gasteiger partial charge in [0.1, 0.15) is 16.4 Å². The number of rotatable bonds is 10. The highest BCUT2D eigenvalue weighted by Crippen LogP contribution is 2.32. The van der Waals surface area contributed by atoms with E-state index < -0.39 is 5.60 Å². The Bertz CT molecular complexity index is 1410. The fourth-order valence-electron chi connectivity index (χ4n) is 3.60. The Hall–Kier alpha value is -3.72. The quantitative estimate of drug-likeness (QED) is 0.116. The molecule has 0 unspecified atom stereocenters. The number of thiazole rings is 1. The Balaban J connectivity index is 1.36. The van der Waals surface area contributed by atoms with Crippen molar-refractivity contribution < 1.29 is 23.7 Å². The van der Waals surface area contributed by atoms with Crippen molar-refractivity contribution in [2.24, 2.45) is 0 Å². The van der Waals surface area contributed by atoms with Crippen LogP contribution in [-0.2, 0) is 14.2 Å². The lowest BCUT2D eigenvalue weighted by atomic mass is 10.1. The molecule has 0 spiro atoms. The van der Waals surface area contributed by atoms with E-state index in [1.54, 1.807) is 25.5 Å². The van der Waals surface area contributed by atoms with Crippen LogP contribution in [0.2, 0.25) is 0 Å². The van der Waals surface area contributed by atoms with Gasteiger partial charge < -0.3 is 18.9 Å². The van der Waals surface area contributed by atoms with Crippen molar-refractivity contribution in [2.45, 2.75) is 26.4 Å². The summed E-state index contributed by atoms with van der Waals surface area (Å²) >= 11 is 1.63. The van der Waals surface area contributed by atoms with Crippen molar-refractivity contribution in [3.63, 3.8) is 0 Å². The molecule has 1 amide bonds. The predicted octanol–water partition coefficient (Wildman–Crippen LogP) is 7.50. The van der Waals surface area contributed by atoms with E-state index in [0.717, 1.165) is 43.4 Å². The maximum absolute atomic E-state index is 12.3. The summed E-state index contributed by atoms with van der Waals surface area (Å²) < 4.78 is 22.5. The standard InChI is InChI=1S/C31H34N2O5S/c1-31(2,3)38-30(34)33(4)25-14-10-23(11-15-25)7-6-22-8-12-24(13-9-22)29-32-27-17-16-26(20-28(27)39-29)37-21-36-19-18-35-5/h6-17,20H,18-19,21H2,1-5H3/b7-6+. The maximum Gasteiger partial charge on any atom is 0.414 e. The molecule has 0 bridgehead atoms. The number of carbonyl (C=O) groups excluding carboxylic acids is 1. The van der Waals surface area contributed by atoms with E-state index in [1.165, 1.54) is 4.90 Å². The van der Waals surface area contributed by atoms with Gasteiger partial charge in [0.05, 0.1) is 23.4 Å². The van der Waals surface area contributed by atoms with Crippen LogP contribution in [0.1, 0.15) is 31.9 Å². The number of hydrogen-bond acceptors (Lipinski definition) is 7. The van der Waals surface area contributed by atoms with Gasteiger partial charge in [-0.15, -0.1) is 11.3 Å². The van der Waals surface area contributed by atoms with E-state index in [4.69, 9.17) is 23.9 Å². The first kappa shape index (κ1) is 28.3. The van der Waals surface area contributed by atoms with Gasteiger partial charge >= 0.3 is 6.09 Å². The van der Waals surface area contributed by atoms with Crippen LogP contribution in [0.25, 0.3) is 32.9 Å². The summed E-state index contributed by atoms with van der Waals surface area (Å²) in [5.41, 5.74) is 4.36. The highest BCUT2D eigenvalue weighted by atomic mass is 32.1. The lowest BCUT2D eigenvalue weighted by Crippen LogP contribution is -2.34. The van der Waals surface area contributed by atoms with Gasteiger partial charge in [-0.1, -0.05) is 48.6 Å². The molecule has 1 heterocycles. The second kappa shape index (κ2) is 12.9. The van der Waals surface area contributed by atoms with E-state index in [9.17, 15) is 4.79 Å². The highest BCUT2D eigenvalue weighted by molar-refractivity contribution is 7.21. The Morgan fingerprint density at radius 3 is 2.26 bits per heavy atom. The third-order valence-electron chi connectivity index (χ3n) is 5.67. The molecule has 0 saturated heterocycles. The molecule has 204 valence electrons. The first-order valence-corrected chi connectivity index (χ1v) is 13.5. The summed E-state index contributed by atoms with van der Waals surface area (Å²) in [6.45, 7) is 6.78. The third kappa shape index (κ3) is 8.13. The molecule has 0 aliphatic carbocycles. The van der Waals surface area contributed by atoms with Gasteiger partial charge in [0.15, 0.2) is 6.79 Å². The monoisotopic (exact) mass is 546 g/mol. The van der Waals surface area contributed by atoms with Gasteiger partial charge in [-0.2, -0.15) is 0 Å². The van der Waals surface area contributed by atoms with E-state index in [0.29, 0.717) is 13.2 Å². The molecule has 7 nitrogen and oxygen atoms in total. The molecule has 8 heteroatoms. The molecule has 0 aliphatic rings. The van der Waals surface area contributed by atoms with Crippen LogP contribution in [0.5, 0.6) is 5.75 Å². The van der Waals surface area contributed by atoms with Gasteiger partial charge in [0.25, 0.3) is 0 Å². The molecule has 0 atom stereocenters. The minimum atomic E-state index is -0.533. The topological polar surface area (TPSA) is 70.1 Å². The van der Waals surface area contributed by atoms with E-state index in [-0.39, 0.29) is 12.9 Å². The van der Waals surface area contributed by atoms with Gasteiger partial charge in [0.2, 0.25) is 0 Å². The summed E-state index contributed by atoms with van der Waals surface area (Å²) in [6.07, 6.45) is 3.73. The van der Waals surface area contributed by atoms with Crippen LogP contribution in [0.4, 0.5) is 10.5 Å². The van der Waals surface area contributed by atoms with Crippen molar-refractivity contribution in [1.82, 2.24) is 4.98 Å². The van der Waals surface area contributed by atoms with Crippen molar-refractivity contribution in [1.29, 1.82) is 0 Å². The zero-order valence-electron chi connectivity index (χ0n) is 23.0. The number of carbonyl (C=O) groups is 1. The average Bonchev–Trinajstić information content (AvgIpc) is 3.34. The minimum absolute atomic E-state index is 0.183. The smallest absolute Gasteiger partial charge is 0.414 e. The molecule has 1 aromatic heterocycles. The first-order valence-electron chi connectivity index (χ1n) is 12.7. The molecule has 0 fully saturated rings. The zero-order chi connectivity index (χ0) is 27.8. The predicted molar refractivity (Wildman–Crippen MR) is 158 cm³/mol. The summed E-state index contributed by atoms with van der Waals surface area (Å²) in [5, 5.41) is 0.957. The van der Waals surface area contributed by atoms with Crippen molar-refractivity contribution in [3.05, 3.63) is 77.9 Å². The fourth-order valence-corrected chi connectivity index (χ4v) is 4.60. The van der Waals surface area contributed by atoms with Crippen LogP contribution in [0.15, 0.2) is 66.7 Å². The number of nitrogens with zero attached hydrogens (tertiary/aromatic N) is 2. The summed E-state index contributed by atoms with van der Waals surface area (Å²) in [6, 6.07) is 21.9. The van der Waals surface area contributed by atoms with E-state index in [2.05, 4.69) is 30.3 Å². The molecule has 4 rings (SSSR count). The number of amides is 1. The highest BCUT2D eigenvalue weighted by Gasteiger charge is 2.20. The van der Waals surface area contributed by atoms with Crippen LogP contribution in [0, 0.1) is 0 Å². The lowest BCUT2D eigenvalue weighted by molar-refractivity contribution is -0.00840. The van der Waals surface area contributed by atoms with Crippen LogP contribution >= 0.6 is 11.3 Å². The number of anilines is 1. The van der Waals surface area contributed by atoms with Crippen molar-refractivity contribution in [3.8, 4) is 16.3 Å². The average molecular weight is 547 g/mol. The first-order chi connectivity index (χ1) is 18.7. The SMILES string of the molecule is COCCOCOc1ccc2nc(-c3ccc(/C=C/c4ccc(N(C)C(=O)OC(C)(C)C)cc4)cc3)sc2c1. The van der Waals surface area contributed by atoms with Crippen LogP contribution in [-0.4, -0.2) is 50.8 Å². The number of hydrogen-bond donors (Lipinski definition) is 0. The minimum Gasteiger partial charge on any atom is -0.468 e. The number of methoxy groups -OCH3 is 1. The van der Waals surface area contributed by atoms with Crippen LogP contribution < -0.4 is 9.64 Å². The molecule has 39 heavy (non-hydrogen) atoms. The third-order valence-corrected chi connectivity index (χ3v) is 6.74. The Morgan fingerprint density at radius 2 is 1.62 bits per heavy atom. The van der Waals surface area contributed by atoms with E-state index in [1.807, 2.05) is 69.3 Å². The summed E-state index contributed by atoms with van der Waals surface area (Å²) in [4.78, 5) is 18.6.